The predicted molar refractivity (Wildman–Crippen MR) is 151 cm³/mol. The Morgan fingerprint density at radius 2 is 1.08 bits per heavy atom. The van der Waals surface area contributed by atoms with Crippen LogP contribution in [0.5, 0.6) is 0 Å². The SMILES string of the molecule is c1ccc(-c2cc3c(cc2N(c2ccccc2)c2ccccc2)oc2c4ccccc4ccc32)cc1. The Balaban J connectivity index is 1.58. The molecule has 0 amide bonds. The number of nitrogens with zero attached hydrogens (tertiary/aromatic N) is 1. The van der Waals surface area contributed by atoms with E-state index < -0.39 is 0 Å². The van der Waals surface area contributed by atoms with Crippen molar-refractivity contribution in [3.63, 3.8) is 0 Å². The second-order valence-corrected chi connectivity index (χ2v) is 9.00. The van der Waals surface area contributed by atoms with Crippen molar-refractivity contribution in [1.29, 1.82) is 0 Å². The Morgan fingerprint density at radius 1 is 0.472 bits per heavy atom. The van der Waals surface area contributed by atoms with Crippen LogP contribution in [0.15, 0.2) is 144 Å². The predicted octanol–water partition coefficient (Wildman–Crippen LogP) is 9.88. The molecule has 0 N–H and O–H groups in total. The third-order valence-electron chi connectivity index (χ3n) is 6.83. The smallest absolute Gasteiger partial charge is 0.143 e. The van der Waals surface area contributed by atoms with Crippen LogP contribution in [0.4, 0.5) is 17.1 Å². The van der Waals surface area contributed by atoms with Crippen molar-refractivity contribution >= 4 is 49.8 Å². The average Bonchev–Trinajstić information content (AvgIpc) is 3.32. The Morgan fingerprint density at radius 3 is 1.78 bits per heavy atom. The molecule has 0 bridgehead atoms. The van der Waals surface area contributed by atoms with Gasteiger partial charge in [-0.25, -0.2) is 0 Å². The molecule has 36 heavy (non-hydrogen) atoms. The second kappa shape index (κ2) is 8.44. The zero-order chi connectivity index (χ0) is 23.9. The van der Waals surface area contributed by atoms with Crippen molar-refractivity contribution in [2.24, 2.45) is 0 Å². The van der Waals surface area contributed by atoms with E-state index in [4.69, 9.17) is 4.42 Å². The molecule has 2 heteroatoms. The molecule has 7 aromatic rings. The number of furan rings is 1. The van der Waals surface area contributed by atoms with Crippen LogP contribution in [0.3, 0.4) is 0 Å². The Labute approximate surface area is 209 Å². The summed E-state index contributed by atoms with van der Waals surface area (Å²) in [5, 5.41) is 4.58. The standard InChI is InChI=1S/C34H23NO/c1-4-12-24(13-5-1)30-22-31-29-21-20-25-14-10-11-19-28(25)34(29)36-33(31)23-32(30)35(26-15-6-2-7-16-26)27-17-8-3-9-18-27/h1-23H. The zero-order valence-electron chi connectivity index (χ0n) is 19.6. The molecule has 170 valence electrons. The molecule has 0 saturated carbocycles. The highest BCUT2D eigenvalue weighted by molar-refractivity contribution is 6.16. The first-order valence-electron chi connectivity index (χ1n) is 12.2. The molecule has 0 aliphatic carbocycles. The second-order valence-electron chi connectivity index (χ2n) is 9.00. The van der Waals surface area contributed by atoms with Crippen molar-refractivity contribution < 1.29 is 4.42 Å². The summed E-state index contributed by atoms with van der Waals surface area (Å²) in [6, 6.07) is 48.9. The molecule has 2 nitrogen and oxygen atoms in total. The van der Waals surface area contributed by atoms with E-state index in [2.05, 4.69) is 144 Å². The lowest BCUT2D eigenvalue weighted by Gasteiger charge is -2.27. The minimum absolute atomic E-state index is 0.882. The lowest BCUT2D eigenvalue weighted by Crippen LogP contribution is -2.11. The van der Waals surface area contributed by atoms with Crippen molar-refractivity contribution in [2.45, 2.75) is 0 Å². The Kier molecular flexibility index (Phi) is 4.82. The number of anilines is 3. The first-order chi connectivity index (χ1) is 17.9. The van der Waals surface area contributed by atoms with Crippen LogP contribution in [0.2, 0.25) is 0 Å². The van der Waals surface area contributed by atoms with Gasteiger partial charge in [-0.15, -0.1) is 0 Å². The largest absolute Gasteiger partial charge is 0.455 e. The number of para-hydroxylation sites is 2. The first-order valence-corrected chi connectivity index (χ1v) is 12.2. The van der Waals surface area contributed by atoms with Crippen LogP contribution in [-0.4, -0.2) is 0 Å². The van der Waals surface area contributed by atoms with E-state index in [0.29, 0.717) is 0 Å². The fourth-order valence-corrected chi connectivity index (χ4v) is 5.15. The van der Waals surface area contributed by atoms with E-state index in [9.17, 15) is 0 Å². The number of fused-ring (bicyclic) bond motifs is 5. The summed E-state index contributed by atoms with van der Waals surface area (Å²) in [6.07, 6.45) is 0. The minimum atomic E-state index is 0.882. The number of hydrogen-bond acceptors (Lipinski definition) is 2. The van der Waals surface area contributed by atoms with Gasteiger partial charge < -0.3 is 9.32 Å². The van der Waals surface area contributed by atoms with Crippen LogP contribution in [0, 0.1) is 0 Å². The van der Waals surface area contributed by atoms with Crippen molar-refractivity contribution in [3.8, 4) is 11.1 Å². The summed E-state index contributed by atoms with van der Waals surface area (Å²) in [4.78, 5) is 2.31. The summed E-state index contributed by atoms with van der Waals surface area (Å²) < 4.78 is 6.59. The van der Waals surface area contributed by atoms with Gasteiger partial charge in [0, 0.05) is 39.2 Å². The molecule has 0 unspecified atom stereocenters. The van der Waals surface area contributed by atoms with Gasteiger partial charge in [0.15, 0.2) is 0 Å². The van der Waals surface area contributed by atoms with E-state index in [1.54, 1.807) is 0 Å². The molecule has 0 fully saturated rings. The first kappa shape index (κ1) is 20.5. The average molecular weight is 462 g/mol. The maximum absolute atomic E-state index is 6.59. The molecule has 0 aliphatic rings. The molecular formula is C34H23NO. The Hall–Kier alpha value is -4.82. The summed E-state index contributed by atoms with van der Waals surface area (Å²) in [5.74, 6) is 0. The van der Waals surface area contributed by atoms with Gasteiger partial charge in [0.05, 0.1) is 5.69 Å². The van der Waals surface area contributed by atoms with E-state index in [1.807, 2.05) is 0 Å². The summed E-state index contributed by atoms with van der Waals surface area (Å²) in [7, 11) is 0. The summed E-state index contributed by atoms with van der Waals surface area (Å²) in [5.41, 5.74) is 7.42. The summed E-state index contributed by atoms with van der Waals surface area (Å²) >= 11 is 0. The molecule has 1 aromatic heterocycles. The van der Waals surface area contributed by atoms with Crippen LogP contribution < -0.4 is 4.90 Å². The minimum Gasteiger partial charge on any atom is -0.455 e. The molecule has 6 aromatic carbocycles. The van der Waals surface area contributed by atoms with Crippen molar-refractivity contribution in [1.82, 2.24) is 0 Å². The molecule has 0 saturated heterocycles. The lowest BCUT2D eigenvalue weighted by molar-refractivity contribution is 0.673. The maximum Gasteiger partial charge on any atom is 0.143 e. The molecule has 7 rings (SSSR count). The molecule has 0 atom stereocenters. The van der Waals surface area contributed by atoms with Gasteiger partial charge in [-0.2, -0.15) is 0 Å². The monoisotopic (exact) mass is 461 g/mol. The van der Waals surface area contributed by atoms with Gasteiger partial charge >= 0.3 is 0 Å². The number of rotatable bonds is 4. The van der Waals surface area contributed by atoms with Crippen LogP contribution in [0.25, 0.3) is 43.8 Å². The fraction of sp³-hybridized carbons (Fsp3) is 0. The third kappa shape index (κ3) is 3.35. The highest BCUT2D eigenvalue weighted by atomic mass is 16.3. The van der Waals surface area contributed by atoms with Crippen molar-refractivity contribution in [3.05, 3.63) is 140 Å². The maximum atomic E-state index is 6.59. The Bertz CT molecular complexity index is 1780. The zero-order valence-corrected chi connectivity index (χ0v) is 19.6. The fourth-order valence-electron chi connectivity index (χ4n) is 5.15. The van der Waals surface area contributed by atoms with Gasteiger partial charge in [0.1, 0.15) is 11.2 Å². The lowest BCUT2D eigenvalue weighted by atomic mass is 9.98. The van der Waals surface area contributed by atoms with E-state index >= 15 is 0 Å². The molecule has 0 radical (unpaired) electrons. The number of hydrogen-bond donors (Lipinski definition) is 0. The van der Waals surface area contributed by atoms with Crippen LogP contribution in [0.1, 0.15) is 0 Å². The molecule has 0 aliphatic heterocycles. The normalized spacial score (nSPS) is 11.3. The molecule has 1 heterocycles. The van der Waals surface area contributed by atoms with Gasteiger partial charge in [0.2, 0.25) is 0 Å². The molecular weight excluding hydrogens is 438 g/mol. The van der Waals surface area contributed by atoms with E-state index in [-0.39, 0.29) is 0 Å². The van der Waals surface area contributed by atoms with Gasteiger partial charge in [-0.3, -0.25) is 0 Å². The van der Waals surface area contributed by atoms with Crippen molar-refractivity contribution in [2.75, 3.05) is 4.90 Å². The van der Waals surface area contributed by atoms with E-state index in [0.717, 1.165) is 50.0 Å². The highest BCUT2D eigenvalue weighted by Crippen LogP contribution is 2.45. The van der Waals surface area contributed by atoms with Gasteiger partial charge in [0.25, 0.3) is 0 Å². The third-order valence-corrected chi connectivity index (χ3v) is 6.83. The van der Waals surface area contributed by atoms with Gasteiger partial charge in [-0.05, 0) is 47.3 Å². The highest BCUT2D eigenvalue weighted by Gasteiger charge is 2.20. The van der Waals surface area contributed by atoms with Crippen LogP contribution >= 0.6 is 0 Å². The summed E-state index contributed by atoms with van der Waals surface area (Å²) in [6.45, 7) is 0. The van der Waals surface area contributed by atoms with Crippen LogP contribution in [-0.2, 0) is 0 Å². The molecule has 0 spiro atoms. The van der Waals surface area contributed by atoms with E-state index in [1.165, 1.54) is 10.9 Å². The topological polar surface area (TPSA) is 16.4 Å². The quantitative estimate of drug-likeness (QED) is 0.259. The van der Waals surface area contributed by atoms with Gasteiger partial charge in [-0.1, -0.05) is 97.1 Å². The number of benzene rings is 6.